The Kier molecular flexibility index (Phi) is 12.2. The summed E-state index contributed by atoms with van der Waals surface area (Å²) in [5.41, 5.74) is 0.219. The van der Waals surface area contributed by atoms with Crippen LogP contribution in [0.1, 0.15) is 49.0 Å². The molecule has 0 bridgehead atoms. The number of rotatable bonds is 12. The average molecular weight is 632 g/mol. The first-order chi connectivity index (χ1) is 20.1. The summed E-state index contributed by atoms with van der Waals surface area (Å²) in [7, 11) is 3.62. The van der Waals surface area contributed by atoms with Crippen molar-refractivity contribution in [3.8, 4) is 0 Å². The third-order valence-electron chi connectivity index (χ3n) is 7.25. The summed E-state index contributed by atoms with van der Waals surface area (Å²) in [5, 5.41) is 5.57. The van der Waals surface area contributed by atoms with E-state index in [1.165, 1.54) is 6.07 Å². The maximum atomic E-state index is 15.0. The molecule has 7 nitrogen and oxygen atoms in total. The van der Waals surface area contributed by atoms with Gasteiger partial charge in [0.25, 0.3) is 5.91 Å². The van der Waals surface area contributed by atoms with E-state index in [9.17, 15) is 27.2 Å². The minimum atomic E-state index is -4.25. The predicted octanol–water partition coefficient (Wildman–Crippen LogP) is 5.93. The Morgan fingerprint density at radius 1 is 1.09 bits per heavy atom. The van der Waals surface area contributed by atoms with Crippen LogP contribution in [0.3, 0.4) is 0 Å². The van der Waals surface area contributed by atoms with Crippen molar-refractivity contribution >= 4 is 34.8 Å². The number of nitrogens with zero attached hydrogens (tertiary/aromatic N) is 3. The summed E-state index contributed by atoms with van der Waals surface area (Å²) in [5.74, 6) is -3.54. The topological polar surface area (TPSA) is 67.9 Å². The van der Waals surface area contributed by atoms with Gasteiger partial charge < -0.3 is 20.4 Å². The summed E-state index contributed by atoms with van der Waals surface area (Å²) >= 11 is 6.27. The van der Waals surface area contributed by atoms with Gasteiger partial charge in [0, 0.05) is 62.3 Å². The molecule has 2 aromatic carbocycles. The predicted molar refractivity (Wildman–Crippen MR) is 158 cm³/mol. The van der Waals surface area contributed by atoms with Crippen LogP contribution in [0.2, 0.25) is 5.02 Å². The molecular weight excluding hydrogens is 593 g/mol. The van der Waals surface area contributed by atoms with Gasteiger partial charge in [0.15, 0.2) is 11.6 Å². The highest BCUT2D eigenvalue weighted by Crippen LogP contribution is 2.33. The van der Waals surface area contributed by atoms with Crippen LogP contribution in [0.15, 0.2) is 30.3 Å². The van der Waals surface area contributed by atoms with E-state index in [0.29, 0.717) is 49.0 Å². The van der Waals surface area contributed by atoms with Crippen LogP contribution in [-0.2, 0) is 11.3 Å². The highest BCUT2D eigenvalue weighted by Gasteiger charge is 2.33. The second-order valence-electron chi connectivity index (χ2n) is 11.5. The van der Waals surface area contributed by atoms with Crippen molar-refractivity contribution in [1.29, 1.82) is 0 Å². The zero-order valence-corrected chi connectivity index (χ0v) is 25.6. The molecule has 0 radical (unpaired) electrons. The third kappa shape index (κ3) is 10.3. The molecule has 43 heavy (non-hydrogen) atoms. The molecule has 238 valence electrons. The SMILES string of the molecule is CC(C)C[C@H]1CN(c2cc(Cl)ccc2NC(=O)c2ccc(CNC(=O)CCN(C)C)c(F)c2F)CCN1CCC(F)(F)F. The Balaban J connectivity index is 1.76. The lowest BCUT2D eigenvalue weighted by Gasteiger charge is -2.43. The molecule has 0 saturated carbocycles. The van der Waals surface area contributed by atoms with Gasteiger partial charge in [-0.05, 0) is 50.7 Å². The summed E-state index contributed by atoms with van der Waals surface area (Å²) in [6.07, 6.45) is -4.29. The van der Waals surface area contributed by atoms with E-state index in [-0.39, 0.29) is 42.9 Å². The maximum absolute atomic E-state index is 15.0. The Hall–Kier alpha value is -2.96. The number of halogens is 6. The molecule has 13 heteroatoms. The van der Waals surface area contributed by atoms with Gasteiger partial charge in [0.05, 0.1) is 23.4 Å². The number of carbonyl (C=O) groups is 2. The van der Waals surface area contributed by atoms with E-state index in [2.05, 4.69) is 10.6 Å². The molecule has 2 amide bonds. The zero-order valence-electron chi connectivity index (χ0n) is 24.8. The molecule has 1 fully saturated rings. The number of anilines is 2. The van der Waals surface area contributed by atoms with Gasteiger partial charge in [0.2, 0.25) is 5.91 Å². The first-order valence-corrected chi connectivity index (χ1v) is 14.6. The minimum absolute atomic E-state index is 0.0981. The highest BCUT2D eigenvalue weighted by molar-refractivity contribution is 6.31. The normalized spacial score (nSPS) is 16.2. The lowest BCUT2D eigenvalue weighted by molar-refractivity contribution is -0.139. The first-order valence-electron chi connectivity index (χ1n) is 14.2. The Morgan fingerprint density at radius 2 is 1.81 bits per heavy atom. The van der Waals surface area contributed by atoms with Crippen molar-refractivity contribution in [1.82, 2.24) is 15.1 Å². The standard InChI is InChI=1S/C30H39ClF5N5O2/c1-19(2)15-22-18-41(14-13-40(22)12-10-30(34,35)36)25-16-21(31)6-8-24(25)38-29(43)23-7-5-20(27(32)28(23)33)17-37-26(42)9-11-39(3)4/h5-8,16,19,22H,9-15,17-18H2,1-4H3,(H,37,42)(H,38,43)/t22-/m0/s1. The van der Waals surface area contributed by atoms with Crippen LogP contribution >= 0.6 is 11.6 Å². The fourth-order valence-corrected chi connectivity index (χ4v) is 5.18. The Morgan fingerprint density at radius 3 is 2.47 bits per heavy atom. The molecule has 1 heterocycles. The van der Waals surface area contributed by atoms with Crippen molar-refractivity contribution in [2.45, 2.75) is 51.9 Å². The van der Waals surface area contributed by atoms with E-state index in [1.54, 1.807) is 18.2 Å². The van der Waals surface area contributed by atoms with Crippen LogP contribution < -0.4 is 15.5 Å². The quantitative estimate of drug-likeness (QED) is 0.285. The Bertz CT molecular complexity index is 1270. The molecule has 0 aliphatic carbocycles. The fourth-order valence-electron chi connectivity index (χ4n) is 5.01. The lowest BCUT2D eigenvalue weighted by Crippen LogP contribution is -2.54. The molecular formula is C30H39ClF5N5O2. The minimum Gasteiger partial charge on any atom is -0.367 e. The van der Waals surface area contributed by atoms with Crippen LogP contribution in [0.5, 0.6) is 0 Å². The summed E-state index contributed by atoms with van der Waals surface area (Å²) in [6, 6.07) is 6.97. The summed E-state index contributed by atoms with van der Waals surface area (Å²) in [4.78, 5) is 30.7. The number of amides is 2. The molecule has 3 rings (SSSR count). The monoisotopic (exact) mass is 631 g/mol. The lowest BCUT2D eigenvalue weighted by atomic mass is 9.99. The molecule has 2 N–H and O–H groups in total. The fraction of sp³-hybridized carbons (Fsp3) is 0.533. The number of hydrogen-bond acceptors (Lipinski definition) is 5. The number of nitrogens with one attached hydrogen (secondary N) is 2. The smallest absolute Gasteiger partial charge is 0.367 e. The molecule has 1 aliphatic rings. The van der Waals surface area contributed by atoms with Gasteiger partial charge >= 0.3 is 6.18 Å². The first kappa shape index (κ1) is 34.5. The van der Waals surface area contributed by atoms with Gasteiger partial charge in [-0.25, -0.2) is 8.78 Å². The second-order valence-corrected chi connectivity index (χ2v) is 11.9. The van der Waals surface area contributed by atoms with E-state index >= 15 is 4.39 Å². The summed E-state index contributed by atoms with van der Waals surface area (Å²) < 4.78 is 68.7. The molecule has 0 spiro atoms. The average Bonchev–Trinajstić information content (AvgIpc) is 2.92. The van der Waals surface area contributed by atoms with Crippen molar-refractivity contribution in [3.05, 3.63) is 58.1 Å². The number of alkyl halides is 3. The Labute approximate surface area is 254 Å². The maximum Gasteiger partial charge on any atom is 0.390 e. The summed E-state index contributed by atoms with van der Waals surface area (Å²) in [6.45, 7) is 5.33. The van der Waals surface area contributed by atoms with Crippen molar-refractivity contribution in [2.75, 3.05) is 57.0 Å². The van der Waals surface area contributed by atoms with E-state index in [4.69, 9.17) is 11.6 Å². The van der Waals surface area contributed by atoms with E-state index < -0.39 is 35.7 Å². The van der Waals surface area contributed by atoms with Gasteiger partial charge in [-0.15, -0.1) is 0 Å². The molecule has 1 saturated heterocycles. The highest BCUT2D eigenvalue weighted by atomic mass is 35.5. The van der Waals surface area contributed by atoms with Gasteiger partial charge in [-0.1, -0.05) is 31.5 Å². The third-order valence-corrected chi connectivity index (χ3v) is 7.48. The molecule has 1 aliphatic heterocycles. The molecule has 1 atom stereocenters. The van der Waals surface area contributed by atoms with Crippen molar-refractivity contribution in [3.63, 3.8) is 0 Å². The number of piperazine rings is 1. The molecule has 2 aromatic rings. The van der Waals surface area contributed by atoms with Crippen LogP contribution in [0.25, 0.3) is 0 Å². The van der Waals surface area contributed by atoms with Crippen LogP contribution in [0, 0.1) is 17.6 Å². The zero-order chi connectivity index (χ0) is 31.9. The van der Waals surface area contributed by atoms with E-state index in [0.717, 1.165) is 6.07 Å². The van der Waals surface area contributed by atoms with Gasteiger partial charge in [-0.2, -0.15) is 13.2 Å². The van der Waals surface area contributed by atoms with Gasteiger partial charge in [0.1, 0.15) is 0 Å². The molecule has 0 unspecified atom stereocenters. The number of benzene rings is 2. The van der Waals surface area contributed by atoms with Crippen LogP contribution in [-0.4, -0.2) is 80.7 Å². The molecule has 0 aromatic heterocycles. The number of hydrogen-bond donors (Lipinski definition) is 2. The van der Waals surface area contributed by atoms with Crippen molar-refractivity contribution < 1.29 is 31.5 Å². The van der Waals surface area contributed by atoms with Crippen LogP contribution in [0.4, 0.5) is 33.3 Å². The number of carbonyl (C=O) groups excluding carboxylic acids is 2. The van der Waals surface area contributed by atoms with Crippen molar-refractivity contribution in [2.24, 2.45) is 5.92 Å². The van der Waals surface area contributed by atoms with E-state index in [1.807, 2.05) is 42.6 Å². The largest absolute Gasteiger partial charge is 0.390 e. The van der Waals surface area contributed by atoms with Gasteiger partial charge in [-0.3, -0.25) is 14.5 Å². The second kappa shape index (κ2) is 15.2.